The summed E-state index contributed by atoms with van der Waals surface area (Å²) >= 11 is 0. The Morgan fingerprint density at radius 1 is 1.05 bits per heavy atom. The molecule has 0 spiro atoms. The van der Waals surface area contributed by atoms with E-state index in [-0.39, 0.29) is 23.8 Å². The molecule has 0 saturated carbocycles. The summed E-state index contributed by atoms with van der Waals surface area (Å²) in [5.74, 6) is -1.03. The molecule has 2 atom stereocenters. The highest BCUT2D eigenvalue weighted by atomic mass is 16.5. The number of carbonyl (C=O) groups is 2. The van der Waals surface area contributed by atoms with Crippen molar-refractivity contribution < 1.29 is 19.1 Å². The monoisotopic (exact) mass is 272 g/mol. The summed E-state index contributed by atoms with van der Waals surface area (Å²) in [6, 6.07) is 0. The van der Waals surface area contributed by atoms with Crippen molar-refractivity contribution in [3.63, 3.8) is 0 Å². The van der Waals surface area contributed by atoms with E-state index < -0.39 is 5.92 Å². The zero-order valence-electron chi connectivity index (χ0n) is 13.0. The molecule has 0 aliphatic rings. The molecule has 0 aromatic rings. The zero-order chi connectivity index (χ0) is 14.9. The van der Waals surface area contributed by atoms with Crippen molar-refractivity contribution in [2.75, 3.05) is 13.2 Å². The highest BCUT2D eigenvalue weighted by molar-refractivity contribution is 5.80. The molecule has 0 fully saturated rings. The van der Waals surface area contributed by atoms with E-state index in [1.165, 1.54) is 0 Å². The Balaban J connectivity index is 5.02. The van der Waals surface area contributed by atoms with Gasteiger partial charge in [-0.3, -0.25) is 9.59 Å². The van der Waals surface area contributed by atoms with Crippen molar-refractivity contribution in [1.29, 1.82) is 0 Å². The molecule has 0 bridgehead atoms. The molecule has 0 saturated heterocycles. The lowest BCUT2D eigenvalue weighted by atomic mass is 9.70. The van der Waals surface area contributed by atoms with E-state index in [0.717, 1.165) is 19.3 Å². The minimum Gasteiger partial charge on any atom is -0.466 e. The van der Waals surface area contributed by atoms with Crippen molar-refractivity contribution >= 4 is 11.9 Å². The molecule has 4 nitrogen and oxygen atoms in total. The van der Waals surface area contributed by atoms with Gasteiger partial charge < -0.3 is 9.47 Å². The summed E-state index contributed by atoms with van der Waals surface area (Å²) in [7, 11) is 0. The minimum atomic E-state index is -0.420. The molecular weight excluding hydrogens is 244 g/mol. The van der Waals surface area contributed by atoms with Gasteiger partial charge in [-0.25, -0.2) is 0 Å². The molecule has 2 unspecified atom stereocenters. The van der Waals surface area contributed by atoms with Gasteiger partial charge in [0, 0.05) is 0 Å². The average molecular weight is 272 g/mol. The second-order valence-electron chi connectivity index (χ2n) is 5.07. The van der Waals surface area contributed by atoms with Crippen LogP contribution in [-0.4, -0.2) is 25.2 Å². The lowest BCUT2D eigenvalue weighted by Gasteiger charge is -2.34. The molecule has 4 heteroatoms. The van der Waals surface area contributed by atoms with Gasteiger partial charge in [0.25, 0.3) is 0 Å². The Labute approximate surface area is 116 Å². The fourth-order valence-electron chi connectivity index (χ4n) is 2.41. The van der Waals surface area contributed by atoms with E-state index >= 15 is 0 Å². The Hall–Kier alpha value is -1.06. The van der Waals surface area contributed by atoms with E-state index in [0.29, 0.717) is 13.2 Å². The van der Waals surface area contributed by atoms with E-state index in [9.17, 15) is 9.59 Å². The lowest BCUT2D eigenvalue weighted by molar-refractivity contribution is -0.160. The van der Waals surface area contributed by atoms with Crippen LogP contribution in [-0.2, 0) is 19.1 Å². The third-order valence-corrected chi connectivity index (χ3v) is 3.72. The molecule has 0 amide bonds. The first-order valence-corrected chi connectivity index (χ1v) is 7.27. The molecule has 0 radical (unpaired) electrons. The predicted octanol–water partition coefficient (Wildman–Crippen LogP) is 3.34. The van der Waals surface area contributed by atoms with Crippen molar-refractivity contribution in [3.8, 4) is 0 Å². The van der Waals surface area contributed by atoms with Crippen LogP contribution in [0.1, 0.15) is 60.3 Å². The highest BCUT2D eigenvalue weighted by Crippen LogP contribution is 2.39. The summed E-state index contributed by atoms with van der Waals surface area (Å²) in [5.41, 5.74) is -0.215. The molecule has 0 aliphatic carbocycles. The summed E-state index contributed by atoms with van der Waals surface area (Å²) in [6.07, 6.45) is 2.82. The highest BCUT2D eigenvalue weighted by Gasteiger charge is 2.39. The molecule has 0 rings (SSSR count). The second kappa shape index (κ2) is 8.94. The molecule has 0 heterocycles. The number of esters is 2. The van der Waals surface area contributed by atoms with E-state index in [1.54, 1.807) is 13.8 Å². The maximum Gasteiger partial charge on any atom is 0.310 e. The summed E-state index contributed by atoms with van der Waals surface area (Å²) in [5, 5.41) is 0. The van der Waals surface area contributed by atoms with Gasteiger partial charge in [0.05, 0.1) is 25.6 Å². The first-order valence-electron chi connectivity index (χ1n) is 7.27. The average Bonchev–Trinajstić information content (AvgIpc) is 2.36. The topological polar surface area (TPSA) is 52.6 Å². The van der Waals surface area contributed by atoms with Crippen molar-refractivity contribution in [3.05, 3.63) is 0 Å². The standard InChI is InChI=1S/C15H28O4/c1-6-10-15(5,7-2)12(14(17)19-9-4)11-13(16)18-8-3/h12H,6-11H2,1-5H3. The number of hydrogen-bond acceptors (Lipinski definition) is 4. The van der Waals surface area contributed by atoms with E-state index in [2.05, 4.69) is 13.8 Å². The lowest BCUT2D eigenvalue weighted by Crippen LogP contribution is -2.36. The van der Waals surface area contributed by atoms with Crippen LogP contribution in [0.5, 0.6) is 0 Å². The first-order chi connectivity index (χ1) is 8.95. The predicted molar refractivity (Wildman–Crippen MR) is 74.7 cm³/mol. The summed E-state index contributed by atoms with van der Waals surface area (Å²) in [6.45, 7) is 10.4. The van der Waals surface area contributed by atoms with Crippen LogP contribution in [0.3, 0.4) is 0 Å². The van der Waals surface area contributed by atoms with Gasteiger partial charge in [0.15, 0.2) is 0 Å². The zero-order valence-corrected chi connectivity index (χ0v) is 13.0. The summed E-state index contributed by atoms with van der Waals surface area (Å²) < 4.78 is 10.1. The first kappa shape index (κ1) is 17.9. The van der Waals surface area contributed by atoms with Gasteiger partial charge in [-0.15, -0.1) is 0 Å². The number of hydrogen-bond donors (Lipinski definition) is 0. The minimum absolute atomic E-state index is 0.108. The van der Waals surface area contributed by atoms with Gasteiger partial charge >= 0.3 is 11.9 Å². The van der Waals surface area contributed by atoms with Gasteiger partial charge in [-0.05, 0) is 32.1 Å². The molecule has 0 aromatic carbocycles. The molecule has 0 aliphatic heterocycles. The SMILES string of the molecule is CCCC(C)(CC)C(CC(=O)OCC)C(=O)OCC. The van der Waals surface area contributed by atoms with Gasteiger partial charge in [-0.1, -0.05) is 27.2 Å². The van der Waals surface area contributed by atoms with E-state index in [1.807, 2.05) is 6.92 Å². The largest absolute Gasteiger partial charge is 0.466 e. The molecule has 19 heavy (non-hydrogen) atoms. The van der Waals surface area contributed by atoms with E-state index in [4.69, 9.17) is 9.47 Å². The third-order valence-electron chi connectivity index (χ3n) is 3.72. The second-order valence-corrected chi connectivity index (χ2v) is 5.07. The van der Waals surface area contributed by atoms with Crippen LogP contribution in [0.4, 0.5) is 0 Å². The van der Waals surface area contributed by atoms with Crippen LogP contribution in [0.25, 0.3) is 0 Å². The Kier molecular flexibility index (Phi) is 8.44. The van der Waals surface area contributed by atoms with Crippen LogP contribution in [0, 0.1) is 11.3 Å². The Bertz CT molecular complexity index is 288. The molecule has 112 valence electrons. The van der Waals surface area contributed by atoms with Gasteiger partial charge in [0.1, 0.15) is 0 Å². The number of rotatable bonds is 9. The molecule has 0 N–H and O–H groups in total. The number of ether oxygens (including phenoxy) is 2. The van der Waals surface area contributed by atoms with Crippen LogP contribution in [0.2, 0.25) is 0 Å². The quantitative estimate of drug-likeness (QED) is 0.604. The Morgan fingerprint density at radius 2 is 1.63 bits per heavy atom. The van der Waals surface area contributed by atoms with Crippen molar-refractivity contribution in [2.24, 2.45) is 11.3 Å². The molecule has 0 aromatic heterocycles. The third kappa shape index (κ3) is 5.62. The van der Waals surface area contributed by atoms with Gasteiger partial charge in [-0.2, -0.15) is 0 Å². The summed E-state index contributed by atoms with van der Waals surface area (Å²) in [4.78, 5) is 23.8. The van der Waals surface area contributed by atoms with Gasteiger partial charge in [0.2, 0.25) is 0 Å². The maximum absolute atomic E-state index is 12.1. The smallest absolute Gasteiger partial charge is 0.310 e. The Morgan fingerprint density at radius 3 is 2.05 bits per heavy atom. The fraction of sp³-hybridized carbons (Fsp3) is 0.867. The number of carbonyl (C=O) groups excluding carboxylic acids is 2. The van der Waals surface area contributed by atoms with Crippen LogP contribution >= 0.6 is 0 Å². The maximum atomic E-state index is 12.1. The van der Waals surface area contributed by atoms with Crippen LogP contribution < -0.4 is 0 Å². The van der Waals surface area contributed by atoms with Crippen molar-refractivity contribution in [2.45, 2.75) is 60.3 Å². The van der Waals surface area contributed by atoms with Crippen LogP contribution in [0.15, 0.2) is 0 Å². The molecular formula is C15H28O4. The normalized spacial score (nSPS) is 15.4. The fourth-order valence-corrected chi connectivity index (χ4v) is 2.41. The van der Waals surface area contributed by atoms with Crippen molar-refractivity contribution in [1.82, 2.24) is 0 Å².